The first-order chi connectivity index (χ1) is 8.34. The maximum absolute atomic E-state index is 5.72. The lowest BCUT2D eigenvalue weighted by atomic mass is 10.1. The molecule has 0 saturated heterocycles. The lowest BCUT2D eigenvalue weighted by Gasteiger charge is -2.21. The van der Waals surface area contributed by atoms with Crippen molar-refractivity contribution in [3.8, 4) is 16.9 Å². The lowest BCUT2D eigenvalue weighted by molar-refractivity contribution is 0.324. The van der Waals surface area contributed by atoms with E-state index in [4.69, 9.17) is 4.74 Å². The van der Waals surface area contributed by atoms with E-state index in [9.17, 15) is 0 Å². The monoisotopic (exact) mass is 227 g/mol. The van der Waals surface area contributed by atoms with E-state index >= 15 is 0 Å². The molecular weight excluding hydrogens is 214 g/mol. The van der Waals surface area contributed by atoms with E-state index in [1.54, 1.807) is 6.20 Å². The Balaban J connectivity index is 2.14. The molecule has 2 aromatic heterocycles. The van der Waals surface area contributed by atoms with Gasteiger partial charge in [-0.1, -0.05) is 0 Å². The van der Waals surface area contributed by atoms with E-state index in [1.165, 1.54) is 0 Å². The van der Waals surface area contributed by atoms with E-state index < -0.39 is 0 Å². The molecule has 4 nitrogen and oxygen atoms in total. The van der Waals surface area contributed by atoms with Gasteiger partial charge in [0.05, 0.1) is 11.9 Å². The largest absolute Gasteiger partial charge is 0.489 e. The van der Waals surface area contributed by atoms with Crippen LogP contribution in [0.4, 0.5) is 5.69 Å². The van der Waals surface area contributed by atoms with Crippen molar-refractivity contribution in [2.75, 3.05) is 18.5 Å². The average Bonchev–Trinajstić information content (AvgIpc) is 2.38. The van der Waals surface area contributed by atoms with E-state index in [0.29, 0.717) is 6.61 Å². The minimum atomic E-state index is 0.684. The van der Waals surface area contributed by atoms with Gasteiger partial charge in [0.15, 0.2) is 5.75 Å². The first-order valence-corrected chi connectivity index (χ1v) is 5.61. The molecule has 17 heavy (non-hydrogen) atoms. The van der Waals surface area contributed by atoms with Gasteiger partial charge in [0, 0.05) is 36.3 Å². The normalized spacial score (nSPS) is 13.5. The van der Waals surface area contributed by atoms with Crippen molar-refractivity contribution in [1.82, 2.24) is 9.97 Å². The summed E-state index contributed by atoms with van der Waals surface area (Å²) >= 11 is 0. The number of anilines is 1. The van der Waals surface area contributed by atoms with Crippen molar-refractivity contribution in [3.05, 3.63) is 36.4 Å². The molecule has 2 aromatic rings. The Kier molecular flexibility index (Phi) is 2.40. The van der Waals surface area contributed by atoms with E-state index in [0.717, 1.165) is 34.7 Å². The van der Waals surface area contributed by atoms with Crippen LogP contribution in [0.5, 0.6) is 5.75 Å². The molecule has 3 rings (SSSR count). The third kappa shape index (κ3) is 1.82. The first kappa shape index (κ1) is 10.1. The van der Waals surface area contributed by atoms with Gasteiger partial charge in [-0.05, 0) is 18.6 Å². The maximum Gasteiger partial charge on any atom is 0.153 e. The van der Waals surface area contributed by atoms with Crippen LogP contribution in [0.2, 0.25) is 0 Å². The highest BCUT2D eigenvalue weighted by atomic mass is 16.5. The molecule has 4 heteroatoms. The summed E-state index contributed by atoms with van der Waals surface area (Å²) < 4.78 is 5.72. The summed E-state index contributed by atoms with van der Waals surface area (Å²) in [6.07, 6.45) is 7.29. The van der Waals surface area contributed by atoms with Gasteiger partial charge in [-0.3, -0.25) is 9.97 Å². The topological polar surface area (TPSA) is 47.0 Å². The fourth-order valence-corrected chi connectivity index (χ4v) is 1.98. The molecular formula is C13H13N3O. The van der Waals surface area contributed by atoms with Crippen LogP contribution in [0.1, 0.15) is 5.56 Å². The number of aromatic nitrogens is 2. The maximum atomic E-state index is 5.72. The molecule has 0 saturated carbocycles. The molecule has 0 radical (unpaired) electrons. The number of nitrogens with zero attached hydrogens (tertiary/aromatic N) is 2. The summed E-state index contributed by atoms with van der Waals surface area (Å²) in [4.78, 5) is 8.44. The molecule has 0 fully saturated rings. The van der Waals surface area contributed by atoms with Crippen LogP contribution in [-0.2, 0) is 0 Å². The van der Waals surface area contributed by atoms with Gasteiger partial charge < -0.3 is 10.1 Å². The Morgan fingerprint density at radius 2 is 2.06 bits per heavy atom. The summed E-state index contributed by atoms with van der Waals surface area (Å²) in [7, 11) is 0. The van der Waals surface area contributed by atoms with Gasteiger partial charge in [0.25, 0.3) is 0 Å². The second kappa shape index (κ2) is 4.05. The number of hydrogen-bond acceptors (Lipinski definition) is 4. The minimum Gasteiger partial charge on any atom is -0.489 e. The summed E-state index contributed by atoms with van der Waals surface area (Å²) in [6.45, 7) is 3.53. The molecule has 0 aromatic carbocycles. The number of nitrogens with one attached hydrogen (secondary N) is 1. The molecule has 1 aliphatic rings. The summed E-state index contributed by atoms with van der Waals surface area (Å²) in [5.74, 6) is 0.874. The fourth-order valence-electron chi connectivity index (χ4n) is 1.98. The Hall–Kier alpha value is -2.10. The SMILES string of the molecule is Cc1cncc(-c2cncc3c2OCCN3)c1. The van der Waals surface area contributed by atoms with Gasteiger partial charge in [-0.2, -0.15) is 0 Å². The Morgan fingerprint density at radius 1 is 1.18 bits per heavy atom. The van der Waals surface area contributed by atoms with Gasteiger partial charge in [-0.25, -0.2) is 0 Å². The third-order valence-electron chi connectivity index (χ3n) is 2.75. The van der Waals surface area contributed by atoms with Crippen molar-refractivity contribution in [2.45, 2.75) is 6.92 Å². The zero-order valence-corrected chi connectivity index (χ0v) is 9.60. The Labute approximate surface area is 99.7 Å². The standard InChI is InChI=1S/C13H13N3O/c1-9-4-10(6-14-5-9)11-7-15-8-12-13(11)17-3-2-16-12/h4-8,16H,2-3H2,1H3. The molecule has 86 valence electrons. The zero-order valence-electron chi connectivity index (χ0n) is 9.60. The van der Waals surface area contributed by atoms with Crippen LogP contribution in [0.15, 0.2) is 30.9 Å². The highest BCUT2D eigenvalue weighted by molar-refractivity contribution is 5.77. The second-order valence-corrected chi connectivity index (χ2v) is 4.09. The zero-order chi connectivity index (χ0) is 11.7. The molecule has 0 bridgehead atoms. The number of hydrogen-bond donors (Lipinski definition) is 1. The van der Waals surface area contributed by atoms with Crippen molar-refractivity contribution in [2.24, 2.45) is 0 Å². The number of aryl methyl sites for hydroxylation is 1. The summed E-state index contributed by atoms with van der Waals surface area (Å²) in [6, 6.07) is 2.09. The number of pyridine rings is 2. The average molecular weight is 227 g/mol. The van der Waals surface area contributed by atoms with Gasteiger partial charge in [-0.15, -0.1) is 0 Å². The number of fused-ring (bicyclic) bond motifs is 1. The predicted molar refractivity (Wildman–Crippen MR) is 66.2 cm³/mol. The molecule has 0 unspecified atom stereocenters. The van der Waals surface area contributed by atoms with E-state index in [-0.39, 0.29) is 0 Å². The van der Waals surface area contributed by atoms with Gasteiger partial charge in [0.2, 0.25) is 0 Å². The number of rotatable bonds is 1. The van der Waals surface area contributed by atoms with Crippen LogP contribution < -0.4 is 10.1 Å². The van der Waals surface area contributed by atoms with Crippen molar-refractivity contribution in [3.63, 3.8) is 0 Å². The highest BCUT2D eigenvalue weighted by Gasteiger charge is 2.15. The number of ether oxygens (including phenoxy) is 1. The molecule has 0 amide bonds. The minimum absolute atomic E-state index is 0.684. The van der Waals surface area contributed by atoms with E-state index in [1.807, 2.05) is 25.5 Å². The molecule has 0 atom stereocenters. The van der Waals surface area contributed by atoms with Crippen LogP contribution in [0, 0.1) is 6.92 Å². The first-order valence-electron chi connectivity index (χ1n) is 5.61. The summed E-state index contributed by atoms with van der Waals surface area (Å²) in [5.41, 5.74) is 4.11. The van der Waals surface area contributed by atoms with Crippen LogP contribution in [0.3, 0.4) is 0 Å². The third-order valence-corrected chi connectivity index (χ3v) is 2.75. The molecule has 0 aliphatic carbocycles. The molecule has 1 aliphatic heterocycles. The smallest absolute Gasteiger partial charge is 0.153 e. The Bertz CT molecular complexity index is 554. The van der Waals surface area contributed by atoms with Gasteiger partial charge >= 0.3 is 0 Å². The van der Waals surface area contributed by atoms with Gasteiger partial charge in [0.1, 0.15) is 6.61 Å². The van der Waals surface area contributed by atoms with Crippen molar-refractivity contribution in [1.29, 1.82) is 0 Å². The van der Waals surface area contributed by atoms with Crippen LogP contribution in [-0.4, -0.2) is 23.1 Å². The van der Waals surface area contributed by atoms with Crippen molar-refractivity contribution < 1.29 is 4.74 Å². The van der Waals surface area contributed by atoms with Crippen molar-refractivity contribution >= 4 is 5.69 Å². The predicted octanol–water partition coefficient (Wildman–Crippen LogP) is 2.26. The quantitative estimate of drug-likeness (QED) is 0.811. The van der Waals surface area contributed by atoms with E-state index in [2.05, 4.69) is 21.4 Å². The molecule has 3 heterocycles. The fraction of sp³-hybridized carbons (Fsp3) is 0.231. The molecule has 1 N–H and O–H groups in total. The van der Waals surface area contributed by atoms with Crippen LogP contribution >= 0.6 is 0 Å². The highest BCUT2D eigenvalue weighted by Crippen LogP contribution is 2.36. The summed E-state index contributed by atoms with van der Waals surface area (Å²) in [5, 5.41) is 3.28. The second-order valence-electron chi connectivity index (χ2n) is 4.09. The lowest BCUT2D eigenvalue weighted by Crippen LogP contribution is -2.18. The van der Waals surface area contributed by atoms with Crippen LogP contribution in [0.25, 0.3) is 11.1 Å². The molecule has 0 spiro atoms. The Morgan fingerprint density at radius 3 is 2.94 bits per heavy atom.